The predicted molar refractivity (Wildman–Crippen MR) is 99.1 cm³/mol. The smallest absolute Gasteiger partial charge is 0.344 e. The van der Waals surface area contributed by atoms with Gasteiger partial charge in [0.05, 0.1) is 4.92 Å². The number of nitrogens with zero attached hydrogens (tertiary/aromatic N) is 1. The van der Waals surface area contributed by atoms with Gasteiger partial charge < -0.3 is 14.8 Å². The van der Waals surface area contributed by atoms with Crippen molar-refractivity contribution in [3.8, 4) is 5.75 Å². The molecule has 8 nitrogen and oxygen atoms in total. The molecule has 0 atom stereocenters. The number of hydrogen-bond acceptors (Lipinski definition) is 6. The van der Waals surface area contributed by atoms with Gasteiger partial charge in [0.2, 0.25) is 0 Å². The van der Waals surface area contributed by atoms with Crippen LogP contribution in [0.5, 0.6) is 5.75 Å². The van der Waals surface area contributed by atoms with E-state index in [0.717, 1.165) is 11.1 Å². The van der Waals surface area contributed by atoms with Crippen LogP contribution in [-0.4, -0.2) is 30.0 Å². The van der Waals surface area contributed by atoms with Crippen LogP contribution < -0.4 is 10.1 Å². The number of benzene rings is 2. The number of non-ortho nitro benzene ring substituents is 1. The van der Waals surface area contributed by atoms with E-state index >= 15 is 0 Å². The van der Waals surface area contributed by atoms with Crippen molar-refractivity contribution >= 4 is 34.9 Å². The highest BCUT2D eigenvalue weighted by Gasteiger charge is 2.12. The minimum absolute atomic E-state index is 0.0932. The summed E-state index contributed by atoms with van der Waals surface area (Å²) in [4.78, 5) is 33.6. The standard InChI is InChI=1S/C18H17ClN2O6/c1-11-7-13(19)8-12(2)18(11)27-10-17(23)26-9-16(22)20-14-3-5-15(6-4-14)21(24)25/h3-8H,9-10H2,1-2H3,(H,20,22). The maximum absolute atomic E-state index is 11.8. The summed E-state index contributed by atoms with van der Waals surface area (Å²) in [5.74, 6) is -0.745. The van der Waals surface area contributed by atoms with Gasteiger partial charge in [-0.1, -0.05) is 11.6 Å². The summed E-state index contributed by atoms with van der Waals surface area (Å²) in [7, 11) is 0. The van der Waals surface area contributed by atoms with Crippen molar-refractivity contribution in [3.05, 3.63) is 62.7 Å². The van der Waals surface area contributed by atoms with Crippen molar-refractivity contribution in [1.29, 1.82) is 0 Å². The monoisotopic (exact) mass is 392 g/mol. The average molecular weight is 393 g/mol. The molecule has 1 N–H and O–H groups in total. The number of carbonyl (C=O) groups is 2. The Morgan fingerprint density at radius 3 is 2.26 bits per heavy atom. The summed E-state index contributed by atoms with van der Waals surface area (Å²) in [6.45, 7) is 2.75. The van der Waals surface area contributed by atoms with E-state index in [1.165, 1.54) is 24.3 Å². The number of halogens is 1. The fourth-order valence-corrected chi connectivity index (χ4v) is 2.63. The van der Waals surface area contributed by atoms with Crippen LogP contribution >= 0.6 is 11.6 Å². The number of carbonyl (C=O) groups excluding carboxylic acids is 2. The molecule has 0 heterocycles. The summed E-state index contributed by atoms with van der Waals surface area (Å²) in [5.41, 5.74) is 1.82. The van der Waals surface area contributed by atoms with E-state index in [4.69, 9.17) is 21.1 Å². The van der Waals surface area contributed by atoms with E-state index in [2.05, 4.69) is 5.32 Å². The second-order valence-corrected chi connectivity index (χ2v) is 6.11. The summed E-state index contributed by atoms with van der Waals surface area (Å²) >= 11 is 5.94. The van der Waals surface area contributed by atoms with Gasteiger partial charge in [-0.2, -0.15) is 0 Å². The van der Waals surface area contributed by atoms with Crippen LogP contribution in [0, 0.1) is 24.0 Å². The molecule has 0 aliphatic carbocycles. The molecule has 0 radical (unpaired) electrons. The molecular weight excluding hydrogens is 376 g/mol. The lowest BCUT2D eigenvalue weighted by Gasteiger charge is -2.12. The van der Waals surface area contributed by atoms with E-state index in [1.807, 2.05) is 0 Å². The Morgan fingerprint density at radius 1 is 1.11 bits per heavy atom. The van der Waals surface area contributed by atoms with Gasteiger partial charge in [0.1, 0.15) is 5.75 Å². The number of nitro benzene ring substituents is 1. The Morgan fingerprint density at radius 2 is 1.70 bits per heavy atom. The fourth-order valence-electron chi connectivity index (χ4n) is 2.31. The number of ether oxygens (including phenoxy) is 2. The lowest BCUT2D eigenvalue weighted by atomic mass is 10.1. The number of nitro groups is 1. The van der Waals surface area contributed by atoms with Crippen molar-refractivity contribution in [3.63, 3.8) is 0 Å². The zero-order chi connectivity index (χ0) is 20.0. The third-order valence-corrected chi connectivity index (χ3v) is 3.70. The van der Waals surface area contributed by atoms with Gasteiger partial charge in [0.25, 0.3) is 11.6 Å². The zero-order valence-corrected chi connectivity index (χ0v) is 15.4. The molecule has 0 bridgehead atoms. The van der Waals surface area contributed by atoms with Crippen LogP contribution in [0.25, 0.3) is 0 Å². The third-order valence-electron chi connectivity index (χ3n) is 3.49. The van der Waals surface area contributed by atoms with E-state index in [-0.39, 0.29) is 12.3 Å². The molecule has 0 spiro atoms. The summed E-state index contributed by atoms with van der Waals surface area (Å²) in [6.07, 6.45) is 0. The third kappa shape index (κ3) is 5.96. The number of amides is 1. The number of anilines is 1. The van der Waals surface area contributed by atoms with Crippen LogP contribution in [0.1, 0.15) is 11.1 Å². The minimum atomic E-state index is -0.706. The highest BCUT2D eigenvalue weighted by atomic mass is 35.5. The maximum Gasteiger partial charge on any atom is 0.344 e. The SMILES string of the molecule is Cc1cc(Cl)cc(C)c1OCC(=O)OCC(=O)Nc1ccc([N+](=O)[O-])cc1. The molecule has 0 aliphatic heterocycles. The number of aryl methyl sites for hydroxylation is 2. The largest absolute Gasteiger partial charge is 0.481 e. The first-order valence-electron chi connectivity index (χ1n) is 7.85. The number of rotatable bonds is 7. The average Bonchev–Trinajstić information content (AvgIpc) is 2.59. The van der Waals surface area contributed by atoms with Crippen molar-refractivity contribution in [2.75, 3.05) is 18.5 Å². The molecule has 9 heteroatoms. The Hall–Kier alpha value is -3.13. The van der Waals surface area contributed by atoms with Gasteiger partial charge >= 0.3 is 5.97 Å². The molecule has 27 heavy (non-hydrogen) atoms. The molecule has 2 rings (SSSR count). The van der Waals surface area contributed by atoms with Gasteiger partial charge in [0.15, 0.2) is 13.2 Å². The Kier molecular flexibility index (Phi) is 6.73. The van der Waals surface area contributed by atoms with Gasteiger partial charge in [-0.25, -0.2) is 4.79 Å². The summed E-state index contributed by atoms with van der Waals surface area (Å²) in [6, 6.07) is 8.71. The molecule has 0 aromatic heterocycles. The molecule has 0 saturated heterocycles. The van der Waals surface area contributed by atoms with E-state index in [1.54, 1.807) is 26.0 Å². The van der Waals surface area contributed by atoms with Crippen LogP contribution in [0.3, 0.4) is 0 Å². The Bertz CT molecular complexity index is 844. The first-order chi connectivity index (χ1) is 12.8. The van der Waals surface area contributed by atoms with Gasteiger partial charge in [-0.3, -0.25) is 14.9 Å². The number of nitrogens with one attached hydrogen (secondary N) is 1. The zero-order valence-electron chi connectivity index (χ0n) is 14.7. The molecule has 2 aromatic rings. The predicted octanol–water partition coefficient (Wildman–Crippen LogP) is 3.43. The van der Waals surface area contributed by atoms with Crippen molar-refractivity contribution in [2.45, 2.75) is 13.8 Å². The maximum atomic E-state index is 11.8. The molecule has 0 aliphatic rings. The van der Waals surface area contributed by atoms with E-state index in [0.29, 0.717) is 16.5 Å². The van der Waals surface area contributed by atoms with Crippen LogP contribution in [-0.2, 0) is 14.3 Å². The lowest BCUT2D eigenvalue weighted by Crippen LogP contribution is -2.23. The molecule has 1 amide bonds. The van der Waals surface area contributed by atoms with Crippen LogP contribution in [0.2, 0.25) is 5.02 Å². The highest BCUT2D eigenvalue weighted by Crippen LogP contribution is 2.27. The van der Waals surface area contributed by atoms with E-state index < -0.39 is 23.4 Å². The summed E-state index contributed by atoms with van der Waals surface area (Å²) in [5, 5.41) is 13.6. The molecule has 0 fully saturated rings. The first-order valence-corrected chi connectivity index (χ1v) is 8.23. The normalized spacial score (nSPS) is 10.2. The van der Waals surface area contributed by atoms with Crippen molar-refractivity contribution in [2.24, 2.45) is 0 Å². The molecule has 2 aromatic carbocycles. The summed E-state index contributed by atoms with van der Waals surface area (Å²) < 4.78 is 10.3. The van der Waals surface area contributed by atoms with Crippen LogP contribution in [0.4, 0.5) is 11.4 Å². The fraction of sp³-hybridized carbons (Fsp3) is 0.222. The molecule has 0 unspecified atom stereocenters. The van der Waals surface area contributed by atoms with Crippen molar-refractivity contribution < 1.29 is 24.0 Å². The Labute approximate surface area is 160 Å². The number of hydrogen-bond donors (Lipinski definition) is 1. The van der Waals surface area contributed by atoms with Gasteiger partial charge in [0, 0.05) is 22.8 Å². The lowest BCUT2D eigenvalue weighted by molar-refractivity contribution is -0.384. The van der Waals surface area contributed by atoms with E-state index in [9.17, 15) is 19.7 Å². The van der Waals surface area contributed by atoms with Gasteiger partial charge in [-0.05, 0) is 49.2 Å². The minimum Gasteiger partial charge on any atom is -0.481 e. The molecule has 142 valence electrons. The quantitative estimate of drug-likeness (QED) is 0.439. The first kappa shape index (κ1) is 20.2. The highest BCUT2D eigenvalue weighted by molar-refractivity contribution is 6.30. The topological polar surface area (TPSA) is 108 Å². The van der Waals surface area contributed by atoms with Crippen molar-refractivity contribution in [1.82, 2.24) is 0 Å². The number of esters is 1. The second-order valence-electron chi connectivity index (χ2n) is 5.67. The Balaban J connectivity index is 1.80. The van der Waals surface area contributed by atoms with Crippen LogP contribution in [0.15, 0.2) is 36.4 Å². The van der Waals surface area contributed by atoms with Gasteiger partial charge in [-0.15, -0.1) is 0 Å². The molecule has 0 saturated carbocycles. The molecular formula is C18H17ClN2O6. The second kappa shape index (κ2) is 9.00.